The van der Waals surface area contributed by atoms with Crippen molar-refractivity contribution in [2.45, 2.75) is 19.9 Å². The van der Waals surface area contributed by atoms with E-state index in [9.17, 15) is 19.7 Å². The molecule has 1 aliphatic rings. The largest absolute Gasteiger partial charge is 0.326 e. The molecule has 0 aliphatic carbocycles. The van der Waals surface area contributed by atoms with Gasteiger partial charge in [-0.25, -0.2) is 4.79 Å². The molecular formula is C19H17N3O4. The minimum absolute atomic E-state index is 0.0946. The van der Waals surface area contributed by atoms with Crippen LogP contribution in [0.25, 0.3) is 0 Å². The molecule has 0 saturated heterocycles. The maximum atomic E-state index is 12.7. The highest BCUT2D eigenvalue weighted by atomic mass is 16.6. The van der Waals surface area contributed by atoms with Crippen molar-refractivity contribution in [1.82, 2.24) is 5.32 Å². The van der Waals surface area contributed by atoms with E-state index >= 15 is 0 Å². The van der Waals surface area contributed by atoms with Crippen molar-refractivity contribution in [2.24, 2.45) is 0 Å². The van der Waals surface area contributed by atoms with E-state index in [0.29, 0.717) is 22.5 Å². The summed E-state index contributed by atoms with van der Waals surface area (Å²) in [6.07, 6.45) is 0. The summed E-state index contributed by atoms with van der Waals surface area (Å²) in [6.45, 7) is 3.12. The summed E-state index contributed by atoms with van der Waals surface area (Å²) in [6, 6.07) is 13.8. The van der Waals surface area contributed by atoms with E-state index in [1.807, 2.05) is 6.07 Å². The predicted octanol–water partition coefficient (Wildman–Crippen LogP) is 3.73. The Morgan fingerprint density at radius 3 is 2.46 bits per heavy atom. The van der Waals surface area contributed by atoms with Crippen molar-refractivity contribution in [2.75, 3.05) is 4.90 Å². The number of para-hydroxylation sites is 1. The zero-order valence-electron chi connectivity index (χ0n) is 14.3. The number of urea groups is 1. The molecule has 1 aliphatic heterocycles. The van der Waals surface area contributed by atoms with E-state index in [1.54, 1.807) is 37.3 Å². The fourth-order valence-corrected chi connectivity index (χ4v) is 3.16. The fourth-order valence-electron chi connectivity index (χ4n) is 3.16. The summed E-state index contributed by atoms with van der Waals surface area (Å²) in [4.78, 5) is 37.0. The van der Waals surface area contributed by atoms with Crippen LogP contribution < -0.4 is 10.2 Å². The Bertz CT molecular complexity index is 921. The molecule has 26 heavy (non-hydrogen) atoms. The molecule has 0 unspecified atom stereocenters. The van der Waals surface area contributed by atoms with Crippen molar-refractivity contribution < 1.29 is 14.5 Å². The van der Waals surface area contributed by atoms with E-state index < -0.39 is 17.0 Å². The Labute approximate surface area is 150 Å². The third-order valence-corrected chi connectivity index (χ3v) is 4.29. The minimum Gasteiger partial charge on any atom is -0.326 e. The van der Waals surface area contributed by atoms with Gasteiger partial charge >= 0.3 is 6.03 Å². The Kier molecular flexibility index (Phi) is 4.53. The van der Waals surface area contributed by atoms with Crippen molar-refractivity contribution in [3.05, 3.63) is 81.5 Å². The zero-order chi connectivity index (χ0) is 18.8. The Hall–Kier alpha value is -3.48. The van der Waals surface area contributed by atoms with E-state index in [2.05, 4.69) is 5.32 Å². The maximum Gasteiger partial charge on any atom is 0.326 e. The first-order valence-corrected chi connectivity index (χ1v) is 8.02. The van der Waals surface area contributed by atoms with Crippen LogP contribution in [0.1, 0.15) is 25.5 Å². The van der Waals surface area contributed by atoms with Crippen LogP contribution in [-0.2, 0) is 4.79 Å². The average molecular weight is 351 g/mol. The van der Waals surface area contributed by atoms with Crippen LogP contribution in [0.2, 0.25) is 0 Å². The molecule has 0 radical (unpaired) electrons. The van der Waals surface area contributed by atoms with Crippen molar-refractivity contribution >= 4 is 23.2 Å². The van der Waals surface area contributed by atoms with E-state index in [1.165, 1.54) is 30.0 Å². The monoisotopic (exact) mass is 351 g/mol. The number of nitro benzene ring substituents is 1. The molecule has 0 spiro atoms. The summed E-state index contributed by atoms with van der Waals surface area (Å²) >= 11 is 0. The number of nitrogens with zero attached hydrogens (tertiary/aromatic N) is 2. The Morgan fingerprint density at radius 1 is 1.15 bits per heavy atom. The highest BCUT2D eigenvalue weighted by Gasteiger charge is 2.35. The number of carbonyl (C=O) groups is 2. The van der Waals surface area contributed by atoms with Gasteiger partial charge in [-0.3, -0.25) is 19.8 Å². The molecule has 0 bridgehead atoms. The quantitative estimate of drug-likeness (QED) is 0.671. The van der Waals surface area contributed by atoms with Gasteiger partial charge in [0.2, 0.25) is 0 Å². The number of Topliss-reactive ketones (excluding diaryl/α,β-unsaturated/α-hetero) is 1. The lowest BCUT2D eigenvalue weighted by Crippen LogP contribution is -2.47. The molecule has 7 heteroatoms. The smallest absolute Gasteiger partial charge is 0.326 e. The number of amides is 2. The minimum atomic E-state index is -0.736. The maximum absolute atomic E-state index is 12.7. The molecule has 2 amide bonds. The molecule has 0 saturated carbocycles. The summed E-state index contributed by atoms with van der Waals surface area (Å²) in [7, 11) is 0. The Balaban J connectivity index is 2.12. The van der Waals surface area contributed by atoms with Crippen LogP contribution >= 0.6 is 0 Å². The van der Waals surface area contributed by atoms with Gasteiger partial charge in [0.15, 0.2) is 5.78 Å². The summed E-state index contributed by atoms with van der Waals surface area (Å²) in [5.74, 6) is -0.208. The topological polar surface area (TPSA) is 92.6 Å². The molecule has 132 valence electrons. The fraction of sp³-hybridized carbons (Fsp3) is 0.158. The lowest BCUT2D eigenvalue weighted by Gasteiger charge is -2.35. The molecule has 0 fully saturated rings. The van der Waals surface area contributed by atoms with Gasteiger partial charge in [0.1, 0.15) is 0 Å². The molecule has 2 aromatic rings. The number of hydrogen-bond acceptors (Lipinski definition) is 4. The number of anilines is 1. The van der Waals surface area contributed by atoms with Gasteiger partial charge in [-0.05, 0) is 31.5 Å². The third kappa shape index (κ3) is 3.06. The first kappa shape index (κ1) is 17.3. The van der Waals surface area contributed by atoms with Crippen LogP contribution in [0.5, 0.6) is 0 Å². The lowest BCUT2D eigenvalue weighted by molar-refractivity contribution is -0.384. The Morgan fingerprint density at radius 2 is 1.85 bits per heavy atom. The van der Waals surface area contributed by atoms with Crippen LogP contribution in [0.3, 0.4) is 0 Å². The molecule has 2 aromatic carbocycles. The number of benzene rings is 2. The second-order valence-electron chi connectivity index (χ2n) is 5.96. The van der Waals surface area contributed by atoms with Crippen molar-refractivity contribution in [3.63, 3.8) is 0 Å². The number of hydrogen-bond donors (Lipinski definition) is 1. The summed E-state index contributed by atoms with van der Waals surface area (Å²) in [5.41, 5.74) is 1.93. The van der Waals surface area contributed by atoms with Gasteiger partial charge in [0.25, 0.3) is 5.69 Å². The van der Waals surface area contributed by atoms with Gasteiger partial charge < -0.3 is 5.32 Å². The summed E-state index contributed by atoms with van der Waals surface area (Å²) < 4.78 is 0. The molecule has 1 N–H and O–H groups in total. The first-order valence-electron chi connectivity index (χ1n) is 8.02. The molecule has 1 heterocycles. The second-order valence-corrected chi connectivity index (χ2v) is 5.96. The van der Waals surface area contributed by atoms with Crippen LogP contribution in [-0.4, -0.2) is 16.7 Å². The van der Waals surface area contributed by atoms with Crippen molar-refractivity contribution in [1.29, 1.82) is 0 Å². The number of carbonyl (C=O) groups excluding carboxylic acids is 2. The number of nitro groups is 1. The van der Waals surface area contributed by atoms with Gasteiger partial charge in [0.05, 0.1) is 16.7 Å². The normalized spacial score (nSPS) is 17.1. The number of rotatable bonds is 4. The van der Waals surface area contributed by atoms with E-state index in [0.717, 1.165) is 0 Å². The number of ketones is 1. The molecule has 0 aromatic heterocycles. The highest BCUT2D eigenvalue weighted by Crippen LogP contribution is 2.34. The second kappa shape index (κ2) is 6.79. The predicted molar refractivity (Wildman–Crippen MR) is 96.7 cm³/mol. The van der Waals surface area contributed by atoms with Gasteiger partial charge in [0, 0.05) is 23.4 Å². The zero-order valence-corrected chi connectivity index (χ0v) is 14.3. The van der Waals surface area contributed by atoms with Crippen LogP contribution in [0, 0.1) is 10.1 Å². The van der Waals surface area contributed by atoms with Gasteiger partial charge in [-0.1, -0.05) is 30.3 Å². The standard InChI is InChI=1S/C19H17N3O4/c1-12-17(13(2)23)18(14-7-6-10-16(11-14)22(25)26)20-19(24)21(12)15-8-4-3-5-9-15/h3-11,18H,1-2H3,(H,20,24)/t18-/m0/s1. The number of nitrogens with one attached hydrogen (secondary N) is 1. The molecule has 1 atom stereocenters. The lowest BCUT2D eigenvalue weighted by atomic mass is 9.92. The van der Waals surface area contributed by atoms with E-state index in [-0.39, 0.29) is 11.5 Å². The molecular weight excluding hydrogens is 334 g/mol. The van der Waals surface area contributed by atoms with Crippen LogP contribution in [0.4, 0.5) is 16.2 Å². The van der Waals surface area contributed by atoms with Gasteiger partial charge in [-0.2, -0.15) is 0 Å². The van der Waals surface area contributed by atoms with Crippen molar-refractivity contribution in [3.8, 4) is 0 Å². The SMILES string of the molecule is CC(=O)C1=C(C)N(c2ccccc2)C(=O)N[C@H]1c1cccc([N+](=O)[O-])c1. The number of allylic oxidation sites excluding steroid dienone is 1. The molecule has 7 nitrogen and oxygen atoms in total. The van der Waals surface area contributed by atoms with Gasteiger partial charge in [-0.15, -0.1) is 0 Å². The summed E-state index contributed by atoms with van der Waals surface area (Å²) in [5, 5.41) is 13.8. The first-order chi connectivity index (χ1) is 12.4. The molecule has 3 rings (SSSR count). The number of non-ortho nitro benzene ring substituents is 1. The van der Waals surface area contributed by atoms with E-state index in [4.69, 9.17) is 0 Å². The third-order valence-electron chi connectivity index (χ3n) is 4.29. The van der Waals surface area contributed by atoms with Crippen LogP contribution in [0.15, 0.2) is 65.9 Å². The highest BCUT2D eigenvalue weighted by molar-refractivity contribution is 6.04. The average Bonchev–Trinajstić information content (AvgIpc) is 2.61.